The highest BCUT2D eigenvalue weighted by molar-refractivity contribution is 5.98. The molecule has 1 aliphatic rings. The number of nitrogens with one attached hydrogen (secondary N) is 2. The highest BCUT2D eigenvalue weighted by atomic mass is 16.2. The molecule has 1 amide bonds. The fraction of sp³-hybridized carbons (Fsp3) is 0.250. The van der Waals surface area contributed by atoms with Crippen LogP contribution in [0.4, 0.5) is 0 Å². The fourth-order valence-corrected chi connectivity index (χ4v) is 3.41. The van der Waals surface area contributed by atoms with Gasteiger partial charge in [-0.1, -0.05) is 35.9 Å². The van der Waals surface area contributed by atoms with Crippen molar-refractivity contribution >= 4 is 16.7 Å². The molecule has 2 aromatic carbocycles. The van der Waals surface area contributed by atoms with E-state index in [-0.39, 0.29) is 17.0 Å². The first kappa shape index (κ1) is 15.6. The lowest BCUT2D eigenvalue weighted by Crippen LogP contribution is -2.50. The summed E-state index contributed by atoms with van der Waals surface area (Å²) in [5, 5.41) is 10.6. The molecule has 0 bridgehead atoms. The van der Waals surface area contributed by atoms with Gasteiger partial charge >= 0.3 is 0 Å². The van der Waals surface area contributed by atoms with E-state index in [0.717, 1.165) is 30.2 Å². The number of amides is 1. The maximum Gasteiger partial charge on any atom is 0.272 e. The third-order valence-corrected chi connectivity index (χ3v) is 5.09. The number of hydrogen-bond acceptors (Lipinski definition) is 3. The summed E-state index contributed by atoms with van der Waals surface area (Å²) >= 11 is 0. The molecule has 5 nitrogen and oxygen atoms in total. The molecule has 1 heterocycles. The van der Waals surface area contributed by atoms with E-state index in [4.69, 9.17) is 0 Å². The van der Waals surface area contributed by atoms with E-state index in [1.54, 1.807) is 24.4 Å². The lowest BCUT2D eigenvalue weighted by atomic mass is 9.71. The van der Waals surface area contributed by atoms with E-state index in [9.17, 15) is 9.59 Å². The van der Waals surface area contributed by atoms with E-state index in [1.807, 2.05) is 0 Å². The van der Waals surface area contributed by atoms with Crippen LogP contribution in [0.3, 0.4) is 0 Å². The molecule has 0 saturated heterocycles. The number of nitrogens with zero attached hydrogens (tertiary/aromatic N) is 1. The molecule has 126 valence electrons. The van der Waals surface area contributed by atoms with Crippen molar-refractivity contribution in [2.75, 3.05) is 0 Å². The van der Waals surface area contributed by atoms with Gasteiger partial charge in [0.05, 0.1) is 17.1 Å². The van der Waals surface area contributed by atoms with Crippen molar-refractivity contribution in [1.82, 2.24) is 15.5 Å². The number of aryl methyl sites for hydroxylation is 1. The van der Waals surface area contributed by atoms with E-state index >= 15 is 0 Å². The van der Waals surface area contributed by atoms with Gasteiger partial charge in [0.2, 0.25) is 0 Å². The molecule has 0 atom stereocenters. The summed E-state index contributed by atoms with van der Waals surface area (Å²) in [6.07, 6.45) is 4.54. The normalized spacial score (nSPS) is 15.6. The Kier molecular flexibility index (Phi) is 3.64. The molecule has 25 heavy (non-hydrogen) atoms. The number of carbonyl (C=O) groups excluding carboxylic acids is 1. The topological polar surface area (TPSA) is 74.8 Å². The minimum atomic E-state index is -0.301. The summed E-state index contributed by atoms with van der Waals surface area (Å²) in [4.78, 5) is 24.7. The summed E-state index contributed by atoms with van der Waals surface area (Å²) in [6, 6.07) is 13.4. The minimum Gasteiger partial charge on any atom is -0.343 e. The van der Waals surface area contributed by atoms with Gasteiger partial charge in [0.15, 0.2) is 0 Å². The summed E-state index contributed by atoms with van der Waals surface area (Å²) in [5.41, 5.74) is 2.24. The predicted molar refractivity (Wildman–Crippen MR) is 96.5 cm³/mol. The summed E-state index contributed by atoms with van der Waals surface area (Å²) in [7, 11) is 0. The molecule has 0 aliphatic heterocycles. The summed E-state index contributed by atoms with van der Waals surface area (Å²) in [5.74, 6) is -0.154. The van der Waals surface area contributed by atoms with Gasteiger partial charge in [-0.15, -0.1) is 0 Å². The van der Waals surface area contributed by atoms with Crippen LogP contribution < -0.4 is 10.9 Å². The zero-order valence-corrected chi connectivity index (χ0v) is 14.0. The van der Waals surface area contributed by atoms with Gasteiger partial charge < -0.3 is 5.32 Å². The third-order valence-electron chi connectivity index (χ3n) is 5.09. The van der Waals surface area contributed by atoms with Crippen LogP contribution in [0.2, 0.25) is 0 Å². The highest BCUT2D eigenvalue weighted by Gasteiger charge is 2.40. The van der Waals surface area contributed by atoms with Crippen LogP contribution in [0.1, 0.15) is 40.7 Å². The molecule has 0 unspecified atom stereocenters. The molecule has 1 fully saturated rings. The Hall–Kier alpha value is -2.95. The summed E-state index contributed by atoms with van der Waals surface area (Å²) < 4.78 is 0. The standard InChI is InChI=1S/C20H19N3O2/c1-13-3-7-16(8-4-13)20(9-2-10-20)22-18(24)14-5-6-15-12-21-23-19(25)17(15)11-14/h3-8,11-12H,2,9-10H2,1H3,(H,22,24)(H,23,25). The van der Waals surface area contributed by atoms with Gasteiger partial charge in [0.1, 0.15) is 0 Å². The maximum absolute atomic E-state index is 12.8. The molecular weight excluding hydrogens is 314 g/mol. The van der Waals surface area contributed by atoms with E-state index < -0.39 is 0 Å². The third kappa shape index (κ3) is 2.71. The number of benzene rings is 2. The second kappa shape index (κ2) is 5.84. The molecule has 0 radical (unpaired) electrons. The smallest absolute Gasteiger partial charge is 0.272 e. The Morgan fingerprint density at radius 1 is 1.16 bits per heavy atom. The Labute approximate surface area is 145 Å². The van der Waals surface area contributed by atoms with Gasteiger partial charge in [0.25, 0.3) is 11.5 Å². The second-order valence-corrected chi connectivity index (χ2v) is 6.76. The van der Waals surface area contributed by atoms with Crippen molar-refractivity contribution < 1.29 is 4.79 Å². The van der Waals surface area contributed by atoms with E-state index in [2.05, 4.69) is 46.7 Å². The van der Waals surface area contributed by atoms with Crippen LogP contribution in [0.15, 0.2) is 53.5 Å². The number of aromatic nitrogens is 2. The van der Waals surface area contributed by atoms with E-state index in [0.29, 0.717) is 10.9 Å². The molecular formula is C20H19N3O2. The number of H-pyrrole nitrogens is 1. The molecule has 1 aromatic heterocycles. The second-order valence-electron chi connectivity index (χ2n) is 6.76. The van der Waals surface area contributed by atoms with Crippen LogP contribution in [0, 0.1) is 6.92 Å². The van der Waals surface area contributed by atoms with Gasteiger partial charge in [-0.05, 0) is 43.9 Å². The van der Waals surface area contributed by atoms with Gasteiger partial charge in [-0.25, -0.2) is 5.10 Å². The highest BCUT2D eigenvalue weighted by Crippen LogP contribution is 2.41. The molecule has 5 heteroatoms. The van der Waals surface area contributed by atoms with Gasteiger partial charge in [-0.3, -0.25) is 9.59 Å². The molecule has 3 aromatic rings. The predicted octanol–water partition coefficient (Wildman–Crippen LogP) is 3.04. The van der Waals surface area contributed by atoms with Crippen LogP contribution in [-0.4, -0.2) is 16.1 Å². The van der Waals surface area contributed by atoms with Gasteiger partial charge in [0, 0.05) is 10.9 Å². The Balaban J connectivity index is 1.66. The minimum absolute atomic E-state index is 0.154. The van der Waals surface area contributed by atoms with E-state index in [1.165, 1.54) is 5.56 Å². The first-order valence-corrected chi connectivity index (χ1v) is 8.45. The van der Waals surface area contributed by atoms with Crippen molar-refractivity contribution in [3.63, 3.8) is 0 Å². The molecule has 1 aliphatic carbocycles. The fourth-order valence-electron chi connectivity index (χ4n) is 3.41. The monoisotopic (exact) mass is 333 g/mol. The molecule has 1 saturated carbocycles. The Bertz CT molecular complexity index is 1000. The lowest BCUT2D eigenvalue weighted by Gasteiger charge is -2.43. The maximum atomic E-state index is 12.8. The van der Waals surface area contributed by atoms with Crippen molar-refractivity contribution in [3.05, 3.63) is 75.7 Å². The number of aromatic amines is 1. The Morgan fingerprint density at radius 3 is 2.60 bits per heavy atom. The average molecular weight is 333 g/mol. The van der Waals surface area contributed by atoms with Crippen LogP contribution in [0.5, 0.6) is 0 Å². The zero-order chi connectivity index (χ0) is 17.4. The van der Waals surface area contributed by atoms with Crippen molar-refractivity contribution in [3.8, 4) is 0 Å². The first-order valence-electron chi connectivity index (χ1n) is 8.45. The van der Waals surface area contributed by atoms with Crippen molar-refractivity contribution in [2.24, 2.45) is 0 Å². The average Bonchev–Trinajstić information content (AvgIpc) is 2.59. The van der Waals surface area contributed by atoms with Crippen LogP contribution in [0.25, 0.3) is 10.8 Å². The first-order chi connectivity index (χ1) is 12.1. The lowest BCUT2D eigenvalue weighted by molar-refractivity contribution is 0.0823. The van der Waals surface area contributed by atoms with Crippen molar-refractivity contribution in [1.29, 1.82) is 0 Å². The zero-order valence-electron chi connectivity index (χ0n) is 14.0. The van der Waals surface area contributed by atoms with Crippen LogP contribution >= 0.6 is 0 Å². The number of rotatable bonds is 3. The molecule has 2 N–H and O–H groups in total. The number of carbonyl (C=O) groups is 1. The number of fused-ring (bicyclic) bond motifs is 1. The van der Waals surface area contributed by atoms with Crippen LogP contribution in [-0.2, 0) is 5.54 Å². The number of hydrogen-bond donors (Lipinski definition) is 2. The SMILES string of the molecule is Cc1ccc(C2(NC(=O)c3ccc4cn[nH]c(=O)c4c3)CCC2)cc1. The molecule has 4 rings (SSSR count). The van der Waals surface area contributed by atoms with Gasteiger partial charge in [-0.2, -0.15) is 5.10 Å². The largest absolute Gasteiger partial charge is 0.343 e. The quantitative estimate of drug-likeness (QED) is 0.773. The van der Waals surface area contributed by atoms with Crippen molar-refractivity contribution in [2.45, 2.75) is 31.7 Å². The molecule has 0 spiro atoms. The Morgan fingerprint density at radius 2 is 1.92 bits per heavy atom. The summed E-state index contributed by atoms with van der Waals surface area (Å²) in [6.45, 7) is 2.05.